The molecule has 2 unspecified atom stereocenters. The summed E-state index contributed by atoms with van der Waals surface area (Å²) in [6.07, 6.45) is -0.0138. The van der Waals surface area contributed by atoms with Gasteiger partial charge in [0.05, 0.1) is 19.3 Å². The molecule has 0 aromatic heterocycles. The molecule has 3 nitrogen and oxygen atoms in total. The summed E-state index contributed by atoms with van der Waals surface area (Å²) in [5.74, 6) is -2.56. The summed E-state index contributed by atoms with van der Waals surface area (Å²) in [6.45, 7) is 1.60. The van der Waals surface area contributed by atoms with Crippen LogP contribution in [-0.4, -0.2) is 22.5 Å². The van der Waals surface area contributed by atoms with Crippen molar-refractivity contribution in [1.29, 1.82) is 0 Å². The van der Waals surface area contributed by atoms with Crippen LogP contribution in [0.2, 0.25) is 0 Å². The van der Waals surface area contributed by atoms with Crippen LogP contribution >= 0.6 is 0 Å². The fourth-order valence-electron chi connectivity index (χ4n) is 1.37. The van der Waals surface area contributed by atoms with Crippen LogP contribution < -0.4 is 0 Å². The first kappa shape index (κ1) is 14.8. The first-order valence-electron chi connectivity index (χ1n) is 5.32. The van der Waals surface area contributed by atoms with E-state index in [2.05, 4.69) is 4.74 Å². The van der Waals surface area contributed by atoms with Gasteiger partial charge in [-0.05, 0) is 6.07 Å². The van der Waals surface area contributed by atoms with Crippen molar-refractivity contribution < 1.29 is 22.5 Å². The molecule has 1 rings (SSSR count). The maximum absolute atomic E-state index is 13.4. The van der Waals surface area contributed by atoms with Crippen LogP contribution in [0.25, 0.3) is 0 Å². The maximum atomic E-state index is 13.4. The zero-order valence-corrected chi connectivity index (χ0v) is 10.9. The number of halogens is 2. The Hall–Kier alpha value is -1.30. The lowest BCUT2D eigenvalue weighted by Gasteiger charge is -2.10. The number of benzene rings is 1. The zero-order valence-electron chi connectivity index (χ0n) is 10.1. The molecule has 0 bridgehead atoms. The topological polar surface area (TPSA) is 43.4 Å². The molecule has 0 aliphatic heterocycles. The number of ether oxygens (including phenoxy) is 1. The highest BCUT2D eigenvalue weighted by Gasteiger charge is 2.18. The SMILES string of the molecule is COC(=O)CC(C)S(=O)Cc1cccc(F)c1F. The lowest BCUT2D eigenvalue weighted by atomic mass is 10.2. The van der Waals surface area contributed by atoms with Crippen molar-refractivity contribution in [2.75, 3.05) is 7.11 Å². The number of rotatable bonds is 5. The lowest BCUT2D eigenvalue weighted by molar-refractivity contribution is -0.140. The van der Waals surface area contributed by atoms with Gasteiger partial charge in [-0.25, -0.2) is 8.78 Å². The van der Waals surface area contributed by atoms with Crippen molar-refractivity contribution in [2.45, 2.75) is 24.3 Å². The van der Waals surface area contributed by atoms with Gasteiger partial charge < -0.3 is 4.74 Å². The average molecular weight is 276 g/mol. The van der Waals surface area contributed by atoms with Gasteiger partial charge in [0.1, 0.15) is 0 Å². The molecule has 0 spiro atoms. The number of hydrogen-bond donors (Lipinski definition) is 0. The van der Waals surface area contributed by atoms with E-state index in [9.17, 15) is 17.8 Å². The van der Waals surface area contributed by atoms with E-state index in [-0.39, 0.29) is 17.7 Å². The molecule has 1 aromatic carbocycles. The zero-order chi connectivity index (χ0) is 13.7. The second-order valence-electron chi connectivity index (χ2n) is 3.83. The normalized spacial score (nSPS) is 14.0. The van der Waals surface area contributed by atoms with Crippen molar-refractivity contribution in [2.24, 2.45) is 0 Å². The Kier molecular flexibility index (Phi) is 5.40. The van der Waals surface area contributed by atoms with E-state index in [0.29, 0.717) is 0 Å². The lowest BCUT2D eigenvalue weighted by Crippen LogP contribution is -2.18. The van der Waals surface area contributed by atoms with Gasteiger partial charge in [0.25, 0.3) is 0 Å². The highest BCUT2D eigenvalue weighted by molar-refractivity contribution is 7.84. The van der Waals surface area contributed by atoms with Crippen molar-refractivity contribution in [1.82, 2.24) is 0 Å². The largest absolute Gasteiger partial charge is 0.469 e. The van der Waals surface area contributed by atoms with Crippen molar-refractivity contribution in [3.8, 4) is 0 Å². The molecule has 0 aliphatic carbocycles. The minimum Gasteiger partial charge on any atom is -0.469 e. The summed E-state index contributed by atoms with van der Waals surface area (Å²) in [6, 6.07) is 3.73. The van der Waals surface area contributed by atoms with Crippen LogP contribution in [0.4, 0.5) is 8.78 Å². The van der Waals surface area contributed by atoms with Crippen LogP contribution in [0.5, 0.6) is 0 Å². The summed E-state index contributed by atoms with van der Waals surface area (Å²) in [5.41, 5.74) is 0.0463. The molecule has 0 saturated heterocycles. The summed E-state index contributed by atoms with van der Waals surface area (Å²) in [5, 5.41) is -0.472. The third kappa shape index (κ3) is 3.87. The third-order valence-corrected chi connectivity index (χ3v) is 4.12. The average Bonchev–Trinajstić information content (AvgIpc) is 2.34. The van der Waals surface area contributed by atoms with Crippen molar-refractivity contribution >= 4 is 16.8 Å². The van der Waals surface area contributed by atoms with E-state index in [1.807, 2.05) is 0 Å². The first-order valence-corrected chi connectivity index (χ1v) is 6.70. The first-order chi connectivity index (χ1) is 8.45. The third-order valence-electron chi connectivity index (χ3n) is 2.46. The molecular formula is C12H14F2O3S. The summed E-state index contributed by atoms with van der Waals surface area (Å²) >= 11 is 0. The molecule has 0 fully saturated rings. The van der Waals surface area contributed by atoms with Gasteiger partial charge in [0.15, 0.2) is 11.6 Å². The van der Waals surface area contributed by atoms with Gasteiger partial charge in [0.2, 0.25) is 0 Å². The fraction of sp³-hybridized carbons (Fsp3) is 0.417. The molecule has 0 aliphatic rings. The predicted octanol–water partition coefficient (Wildman–Crippen LogP) is 2.17. The van der Waals surface area contributed by atoms with E-state index in [1.165, 1.54) is 19.2 Å². The van der Waals surface area contributed by atoms with Crippen LogP contribution in [0.3, 0.4) is 0 Å². The van der Waals surface area contributed by atoms with Gasteiger partial charge >= 0.3 is 5.97 Å². The maximum Gasteiger partial charge on any atom is 0.306 e. The summed E-state index contributed by atoms with van der Waals surface area (Å²) in [4.78, 5) is 11.0. The van der Waals surface area contributed by atoms with Crippen molar-refractivity contribution in [3.05, 3.63) is 35.4 Å². The smallest absolute Gasteiger partial charge is 0.306 e. The Morgan fingerprint density at radius 1 is 1.44 bits per heavy atom. The van der Waals surface area contributed by atoms with Gasteiger partial charge in [0, 0.05) is 21.6 Å². The second-order valence-corrected chi connectivity index (χ2v) is 5.68. The Morgan fingerprint density at radius 3 is 2.72 bits per heavy atom. The van der Waals surface area contributed by atoms with E-state index in [4.69, 9.17) is 0 Å². The Bertz CT molecular complexity index is 463. The van der Waals surface area contributed by atoms with E-state index >= 15 is 0 Å². The van der Waals surface area contributed by atoms with E-state index in [0.717, 1.165) is 6.07 Å². The molecule has 0 radical (unpaired) electrons. The fourth-order valence-corrected chi connectivity index (χ4v) is 2.50. The number of carbonyl (C=O) groups is 1. The van der Waals surface area contributed by atoms with Crippen LogP contribution in [0, 0.1) is 11.6 Å². The molecule has 1 aromatic rings. The standard InChI is InChI=1S/C12H14F2O3S/c1-8(6-11(15)17-2)18(16)7-9-4-3-5-10(13)12(9)14/h3-5,8H,6-7H2,1-2H3. The van der Waals surface area contributed by atoms with Crippen LogP contribution in [0.1, 0.15) is 18.9 Å². The highest BCUT2D eigenvalue weighted by atomic mass is 32.2. The molecule has 18 heavy (non-hydrogen) atoms. The van der Waals surface area contributed by atoms with E-state index in [1.54, 1.807) is 6.92 Å². The molecule has 0 amide bonds. The number of carbonyl (C=O) groups excluding carboxylic acids is 1. The van der Waals surface area contributed by atoms with Gasteiger partial charge in [-0.1, -0.05) is 19.1 Å². The molecule has 2 atom stereocenters. The Labute approximate surface area is 107 Å². The molecule has 0 heterocycles. The Balaban J connectivity index is 2.70. The predicted molar refractivity (Wildman–Crippen MR) is 64.3 cm³/mol. The number of esters is 1. The van der Waals surface area contributed by atoms with Crippen LogP contribution in [-0.2, 0) is 26.1 Å². The Morgan fingerprint density at radius 2 is 2.11 bits per heavy atom. The van der Waals surface area contributed by atoms with Crippen molar-refractivity contribution in [3.63, 3.8) is 0 Å². The minimum atomic E-state index is -1.46. The quantitative estimate of drug-likeness (QED) is 0.774. The highest BCUT2D eigenvalue weighted by Crippen LogP contribution is 2.16. The molecule has 6 heteroatoms. The molecule has 100 valence electrons. The molecule has 0 saturated carbocycles. The summed E-state index contributed by atoms with van der Waals surface area (Å²) < 4.78 is 42.6. The summed E-state index contributed by atoms with van der Waals surface area (Å²) in [7, 11) is -0.224. The van der Waals surface area contributed by atoms with Crippen LogP contribution in [0.15, 0.2) is 18.2 Å². The number of methoxy groups -OCH3 is 1. The van der Waals surface area contributed by atoms with E-state index < -0.39 is 33.7 Å². The molecule has 0 N–H and O–H groups in total. The monoisotopic (exact) mass is 276 g/mol. The molecular weight excluding hydrogens is 262 g/mol. The van der Waals surface area contributed by atoms with Gasteiger partial charge in [-0.2, -0.15) is 0 Å². The second kappa shape index (κ2) is 6.58. The van der Waals surface area contributed by atoms with Gasteiger partial charge in [-0.3, -0.25) is 9.00 Å². The minimum absolute atomic E-state index is 0.0138. The van der Waals surface area contributed by atoms with Gasteiger partial charge in [-0.15, -0.1) is 0 Å². The number of hydrogen-bond acceptors (Lipinski definition) is 3.